The van der Waals surface area contributed by atoms with Crippen molar-refractivity contribution in [3.8, 4) is 0 Å². The molecule has 0 bridgehead atoms. The molecule has 1 amide bonds. The molecule has 0 radical (unpaired) electrons. The highest BCUT2D eigenvalue weighted by molar-refractivity contribution is 7.18. The first-order valence-corrected chi connectivity index (χ1v) is 9.97. The molecule has 0 fully saturated rings. The molecule has 1 aromatic carbocycles. The zero-order valence-electron chi connectivity index (χ0n) is 17.5. The van der Waals surface area contributed by atoms with E-state index in [1.807, 2.05) is 5.32 Å². The van der Waals surface area contributed by atoms with Gasteiger partial charge >= 0.3 is 11.9 Å². The number of hydrogen-bond donors (Lipinski definition) is 1. The number of amides is 1. The summed E-state index contributed by atoms with van der Waals surface area (Å²) in [5.74, 6) is -15.3. The smallest absolute Gasteiger partial charge is 0.348 e. The minimum Gasteiger partial charge on any atom is -0.459 e. The van der Waals surface area contributed by atoms with Gasteiger partial charge in [-0.25, -0.2) is 31.5 Å². The van der Waals surface area contributed by atoms with E-state index in [0.29, 0.717) is 11.3 Å². The van der Waals surface area contributed by atoms with Gasteiger partial charge in [0.25, 0.3) is 5.91 Å². The van der Waals surface area contributed by atoms with Crippen LogP contribution in [0.2, 0.25) is 0 Å². The quantitative estimate of drug-likeness (QED) is 0.269. The van der Waals surface area contributed by atoms with E-state index in [-0.39, 0.29) is 16.0 Å². The number of rotatable bonds is 6. The number of halogens is 5. The topological polar surface area (TPSA) is 81.7 Å². The Bertz CT molecular complexity index is 1070. The van der Waals surface area contributed by atoms with Gasteiger partial charge in [-0.2, -0.15) is 0 Å². The van der Waals surface area contributed by atoms with Crippen LogP contribution in [0.5, 0.6) is 0 Å². The van der Waals surface area contributed by atoms with Crippen molar-refractivity contribution in [2.45, 2.75) is 46.8 Å². The minimum absolute atomic E-state index is 0.0408. The average Bonchev–Trinajstić information content (AvgIpc) is 2.99. The molecule has 0 aliphatic rings. The van der Waals surface area contributed by atoms with E-state index in [2.05, 4.69) is 0 Å². The first-order chi connectivity index (χ1) is 14.8. The second-order valence-electron chi connectivity index (χ2n) is 7.07. The zero-order valence-corrected chi connectivity index (χ0v) is 18.3. The zero-order chi connectivity index (χ0) is 24.5. The number of thiophene rings is 1. The third-order valence-electron chi connectivity index (χ3n) is 3.89. The van der Waals surface area contributed by atoms with E-state index < -0.39 is 69.7 Å². The van der Waals surface area contributed by atoms with Crippen LogP contribution in [-0.2, 0) is 9.47 Å². The molecule has 6 nitrogen and oxygen atoms in total. The van der Waals surface area contributed by atoms with Gasteiger partial charge in [-0.05, 0) is 40.2 Å². The molecule has 0 spiro atoms. The maximum absolute atomic E-state index is 14.0. The van der Waals surface area contributed by atoms with E-state index in [9.17, 15) is 36.3 Å². The van der Waals surface area contributed by atoms with Crippen LogP contribution >= 0.6 is 11.3 Å². The van der Waals surface area contributed by atoms with Gasteiger partial charge in [0.05, 0.1) is 17.8 Å². The van der Waals surface area contributed by atoms with Crippen molar-refractivity contribution >= 4 is 34.2 Å². The molecule has 2 rings (SSSR count). The van der Waals surface area contributed by atoms with E-state index >= 15 is 0 Å². The van der Waals surface area contributed by atoms with Gasteiger partial charge in [-0.3, -0.25) is 4.79 Å². The van der Waals surface area contributed by atoms with Crippen molar-refractivity contribution in [3.05, 3.63) is 50.7 Å². The highest BCUT2D eigenvalue weighted by atomic mass is 32.1. The fourth-order valence-electron chi connectivity index (χ4n) is 2.55. The Hall–Kier alpha value is -3.02. The number of benzene rings is 1. The molecular weight excluding hydrogens is 461 g/mol. The standard InChI is InChI=1S/C20H18F5NO5S/c1-6(2)30-19(28)9-8(5)16(20(29)31-7(3)4)32-18(9)26-17(27)10-11(21)13(23)15(25)14(24)12(10)22/h6-7H,1-5H3,(H,26,27). The van der Waals surface area contributed by atoms with Crippen molar-refractivity contribution in [1.82, 2.24) is 0 Å². The predicted molar refractivity (Wildman–Crippen MR) is 104 cm³/mol. The number of nitrogens with one attached hydrogen (secondary N) is 1. The van der Waals surface area contributed by atoms with Gasteiger partial charge in [0.2, 0.25) is 5.82 Å². The van der Waals surface area contributed by atoms with E-state index in [0.717, 1.165) is 0 Å². The molecule has 12 heteroatoms. The minimum atomic E-state index is -2.43. The maximum atomic E-state index is 14.0. The second kappa shape index (κ2) is 9.63. The Morgan fingerprint density at radius 1 is 0.750 bits per heavy atom. The number of esters is 2. The van der Waals surface area contributed by atoms with Crippen LogP contribution in [0.4, 0.5) is 27.0 Å². The second-order valence-corrected chi connectivity index (χ2v) is 8.09. The van der Waals surface area contributed by atoms with Crippen LogP contribution in [0.25, 0.3) is 0 Å². The molecular formula is C20H18F5NO5S. The normalized spacial score (nSPS) is 11.1. The van der Waals surface area contributed by atoms with Crippen LogP contribution < -0.4 is 5.32 Å². The number of ether oxygens (including phenoxy) is 2. The fourth-order valence-corrected chi connectivity index (χ4v) is 3.63. The number of carbonyl (C=O) groups is 3. The summed E-state index contributed by atoms with van der Waals surface area (Å²) in [6.07, 6.45) is -1.13. The third-order valence-corrected chi connectivity index (χ3v) is 5.07. The summed E-state index contributed by atoms with van der Waals surface area (Å²) in [5.41, 5.74) is -2.03. The summed E-state index contributed by atoms with van der Waals surface area (Å²) in [6.45, 7) is 7.54. The number of anilines is 1. The third kappa shape index (κ3) is 4.90. The highest BCUT2D eigenvalue weighted by Gasteiger charge is 2.33. The Kier molecular flexibility index (Phi) is 7.60. The molecule has 1 aromatic heterocycles. The summed E-state index contributed by atoms with van der Waals surface area (Å²) in [5, 5.41) is 1.55. The molecule has 32 heavy (non-hydrogen) atoms. The predicted octanol–water partition coefficient (Wildman–Crippen LogP) is 5.13. The summed E-state index contributed by atoms with van der Waals surface area (Å²) in [7, 11) is 0. The van der Waals surface area contributed by atoms with Gasteiger partial charge in [0.15, 0.2) is 23.3 Å². The van der Waals surface area contributed by atoms with Crippen LogP contribution in [0, 0.1) is 36.0 Å². The number of carbonyl (C=O) groups excluding carboxylic acids is 3. The summed E-state index contributed by atoms with van der Waals surface area (Å²) < 4.78 is 78.3. The Balaban J connectivity index is 2.59. The molecule has 0 unspecified atom stereocenters. The Morgan fingerprint density at radius 2 is 1.19 bits per heavy atom. The molecule has 0 saturated heterocycles. The lowest BCUT2D eigenvalue weighted by molar-refractivity contribution is 0.0378. The average molecular weight is 479 g/mol. The van der Waals surface area contributed by atoms with E-state index in [1.54, 1.807) is 13.8 Å². The first-order valence-electron chi connectivity index (χ1n) is 9.15. The van der Waals surface area contributed by atoms with Gasteiger partial charge in [0.1, 0.15) is 15.4 Å². The Labute approximate surface area is 183 Å². The van der Waals surface area contributed by atoms with Crippen LogP contribution in [0.15, 0.2) is 0 Å². The summed E-state index contributed by atoms with van der Waals surface area (Å²) in [4.78, 5) is 37.2. The maximum Gasteiger partial charge on any atom is 0.348 e. The molecule has 174 valence electrons. The molecule has 1 heterocycles. The molecule has 0 atom stereocenters. The number of hydrogen-bond acceptors (Lipinski definition) is 6. The molecule has 0 aliphatic carbocycles. The lowest BCUT2D eigenvalue weighted by Crippen LogP contribution is -2.21. The first kappa shape index (κ1) is 25.2. The summed E-state index contributed by atoms with van der Waals surface area (Å²) in [6, 6.07) is 0. The summed E-state index contributed by atoms with van der Waals surface area (Å²) >= 11 is 0.524. The van der Waals surface area contributed by atoms with E-state index in [4.69, 9.17) is 9.47 Å². The van der Waals surface area contributed by atoms with Crippen molar-refractivity contribution in [3.63, 3.8) is 0 Å². The SMILES string of the molecule is Cc1c(C(=O)OC(C)C)sc(NC(=O)c2c(F)c(F)c(F)c(F)c2F)c1C(=O)OC(C)C. The molecule has 2 aromatic rings. The largest absolute Gasteiger partial charge is 0.459 e. The van der Waals surface area contributed by atoms with Gasteiger partial charge in [0, 0.05) is 0 Å². The lowest BCUT2D eigenvalue weighted by atomic mass is 10.1. The van der Waals surface area contributed by atoms with Crippen LogP contribution in [0.3, 0.4) is 0 Å². The van der Waals surface area contributed by atoms with Crippen molar-refractivity contribution < 1.29 is 45.8 Å². The van der Waals surface area contributed by atoms with Gasteiger partial charge in [-0.1, -0.05) is 0 Å². The van der Waals surface area contributed by atoms with Crippen molar-refractivity contribution in [2.75, 3.05) is 5.32 Å². The lowest BCUT2D eigenvalue weighted by Gasteiger charge is -2.11. The molecule has 0 aliphatic heterocycles. The monoisotopic (exact) mass is 479 g/mol. The molecule has 0 saturated carbocycles. The van der Waals surface area contributed by atoms with Crippen LogP contribution in [-0.4, -0.2) is 30.1 Å². The fraction of sp³-hybridized carbons (Fsp3) is 0.350. The Morgan fingerprint density at radius 3 is 1.66 bits per heavy atom. The highest BCUT2D eigenvalue weighted by Crippen LogP contribution is 2.35. The van der Waals surface area contributed by atoms with Crippen LogP contribution in [0.1, 0.15) is 63.6 Å². The van der Waals surface area contributed by atoms with Crippen molar-refractivity contribution in [1.29, 1.82) is 0 Å². The van der Waals surface area contributed by atoms with E-state index in [1.165, 1.54) is 20.8 Å². The van der Waals surface area contributed by atoms with Gasteiger partial charge in [-0.15, -0.1) is 11.3 Å². The molecule has 1 N–H and O–H groups in total. The van der Waals surface area contributed by atoms with Crippen molar-refractivity contribution in [2.24, 2.45) is 0 Å². The van der Waals surface area contributed by atoms with Gasteiger partial charge < -0.3 is 14.8 Å².